The van der Waals surface area contributed by atoms with Crippen molar-refractivity contribution in [1.82, 2.24) is 25.2 Å². The Morgan fingerprint density at radius 3 is 2.66 bits per heavy atom. The Morgan fingerprint density at radius 2 is 2.00 bits per heavy atom. The molecule has 0 saturated heterocycles. The van der Waals surface area contributed by atoms with Crippen LogP contribution in [0, 0.1) is 11.3 Å². The maximum atomic E-state index is 14.3. The number of hydrogen-bond acceptors (Lipinski definition) is 8. The zero-order chi connectivity index (χ0) is 27.3. The van der Waals surface area contributed by atoms with E-state index in [0.717, 1.165) is 0 Å². The molecule has 2 amide bonds. The quantitative estimate of drug-likeness (QED) is 0.353. The molecule has 3 saturated carbocycles. The lowest BCUT2D eigenvalue weighted by molar-refractivity contribution is -0.0585. The summed E-state index contributed by atoms with van der Waals surface area (Å²) in [6, 6.07) is 9.15. The van der Waals surface area contributed by atoms with Crippen molar-refractivity contribution in [3.8, 4) is 17.5 Å². The molecule has 0 unspecified atom stereocenters. The second kappa shape index (κ2) is 8.95. The highest BCUT2D eigenvalue weighted by Gasteiger charge is 2.69. The van der Waals surface area contributed by atoms with Crippen molar-refractivity contribution in [3.05, 3.63) is 47.8 Å². The van der Waals surface area contributed by atoms with Crippen molar-refractivity contribution >= 4 is 23.2 Å². The van der Waals surface area contributed by atoms with Gasteiger partial charge in [-0.15, -0.1) is 0 Å². The molecule has 3 aromatic rings. The number of nitrogens with one attached hydrogen (secondary N) is 3. The molecule has 198 valence electrons. The first-order valence-electron chi connectivity index (χ1n) is 12.1. The van der Waals surface area contributed by atoms with Crippen LogP contribution in [-0.4, -0.2) is 68.2 Å². The van der Waals surface area contributed by atoms with Gasteiger partial charge in [-0.3, -0.25) is 9.78 Å². The van der Waals surface area contributed by atoms with Crippen molar-refractivity contribution in [2.24, 2.45) is 0 Å². The number of rotatable bonds is 8. The van der Waals surface area contributed by atoms with E-state index in [2.05, 4.69) is 32.1 Å². The number of carbonyl (C=O) groups is 2. The van der Waals surface area contributed by atoms with Crippen molar-refractivity contribution in [3.63, 3.8) is 0 Å². The number of nitrogens with zero attached hydrogens (tertiary/aromatic N) is 4. The first-order chi connectivity index (χ1) is 18.0. The number of alkyl carbamates (subject to hydrolysis) is 1. The summed E-state index contributed by atoms with van der Waals surface area (Å²) < 4.78 is 20.7. The molecular weight excluding hydrogens is 493 g/mol. The fourth-order valence-corrected chi connectivity index (χ4v) is 5.27. The summed E-state index contributed by atoms with van der Waals surface area (Å²) in [5.74, 6) is -0.538. The molecule has 3 aliphatic rings. The highest BCUT2D eigenvalue weighted by molar-refractivity contribution is 6.00. The lowest BCUT2D eigenvalue weighted by Crippen LogP contribution is -2.81. The minimum atomic E-state index is -1.66. The average Bonchev–Trinajstić information content (AvgIpc) is 3.27. The third-order valence-electron chi connectivity index (χ3n) is 7.23. The molecule has 2 bridgehead atoms. The van der Waals surface area contributed by atoms with Crippen LogP contribution in [0.2, 0.25) is 0 Å². The second-order valence-corrected chi connectivity index (χ2v) is 10.7. The van der Waals surface area contributed by atoms with E-state index < -0.39 is 23.8 Å². The molecule has 3 aliphatic carbocycles. The summed E-state index contributed by atoms with van der Waals surface area (Å²) in [5, 5.41) is 32.2. The second-order valence-electron chi connectivity index (χ2n) is 10.7. The van der Waals surface area contributed by atoms with Crippen LogP contribution in [0.25, 0.3) is 16.9 Å². The van der Waals surface area contributed by atoms with Gasteiger partial charge in [0.05, 0.1) is 64.7 Å². The number of anilines is 1. The highest BCUT2D eigenvalue weighted by Crippen LogP contribution is 2.62. The Kier molecular flexibility index (Phi) is 5.99. The number of ether oxygens (including phenoxy) is 1. The third kappa shape index (κ3) is 4.50. The Bertz CT molecular complexity index is 1450. The summed E-state index contributed by atoms with van der Waals surface area (Å²) in [6.07, 6.45) is 2.71. The summed E-state index contributed by atoms with van der Waals surface area (Å²) in [7, 11) is 1.32. The number of pyridine rings is 1. The van der Waals surface area contributed by atoms with E-state index in [1.54, 1.807) is 16.6 Å². The van der Waals surface area contributed by atoms with E-state index in [4.69, 9.17) is 10.00 Å². The van der Waals surface area contributed by atoms with E-state index in [1.807, 2.05) is 12.1 Å². The maximum absolute atomic E-state index is 14.3. The number of aliphatic hydroxyl groups is 1. The fraction of sp³-hybridized carbons (Fsp3) is 0.423. The predicted molar refractivity (Wildman–Crippen MR) is 135 cm³/mol. The molecule has 0 radical (unpaired) electrons. The zero-order valence-corrected chi connectivity index (χ0v) is 21.2. The van der Waals surface area contributed by atoms with Crippen LogP contribution in [0.4, 0.5) is 14.9 Å². The van der Waals surface area contributed by atoms with Gasteiger partial charge in [0.1, 0.15) is 12.2 Å². The van der Waals surface area contributed by atoms with Gasteiger partial charge in [-0.2, -0.15) is 10.4 Å². The van der Waals surface area contributed by atoms with Gasteiger partial charge in [-0.25, -0.2) is 13.7 Å². The first-order valence-corrected chi connectivity index (χ1v) is 12.1. The molecule has 4 N–H and O–H groups in total. The van der Waals surface area contributed by atoms with Crippen LogP contribution >= 0.6 is 0 Å². The number of fused-ring (bicyclic) bond motifs is 1. The Balaban J connectivity index is 1.43. The van der Waals surface area contributed by atoms with Crippen LogP contribution in [0.3, 0.4) is 0 Å². The standard InChI is InChI=1S/C26H28FN7O4/c1-24(2,37)21(27)11-30-22(35)17-10-29-19(20-5-4-16-6-15(8-28)9-31-34(16)20)7-18(17)32-25-12-26(13-25,14-25)33-23(36)38-3/h4-7,9-10,21,37H,11-14H2,1-3H3,(H,29,32)(H,30,35)(H,33,36)/t21-,25?,26?/m1/s1. The smallest absolute Gasteiger partial charge is 0.407 e. The number of halogens is 1. The molecule has 11 nitrogen and oxygen atoms in total. The summed E-state index contributed by atoms with van der Waals surface area (Å²) in [4.78, 5) is 29.2. The maximum Gasteiger partial charge on any atom is 0.407 e. The lowest BCUT2D eigenvalue weighted by atomic mass is 9.44. The molecule has 0 spiro atoms. The van der Waals surface area contributed by atoms with Gasteiger partial charge in [0.15, 0.2) is 0 Å². The minimum absolute atomic E-state index is 0.219. The third-order valence-corrected chi connectivity index (χ3v) is 7.23. The van der Waals surface area contributed by atoms with Crippen LogP contribution < -0.4 is 16.0 Å². The number of methoxy groups -OCH3 is 1. The van der Waals surface area contributed by atoms with Crippen molar-refractivity contribution in [1.29, 1.82) is 5.26 Å². The van der Waals surface area contributed by atoms with Gasteiger partial charge in [0.25, 0.3) is 5.91 Å². The van der Waals surface area contributed by atoms with E-state index >= 15 is 0 Å². The number of alkyl halides is 1. The molecule has 3 heterocycles. The van der Waals surface area contributed by atoms with E-state index in [0.29, 0.717) is 47.4 Å². The molecule has 0 aromatic carbocycles. The Labute approximate surface area is 218 Å². The monoisotopic (exact) mass is 521 g/mol. The number of carbonyl (C=O) groups excluding carboxylic acids is 2. The van der Waals surface area contributed by atoms with Gasteiger partial charge in [0.2, 0.25) is 0 Å². The molecule has 1 atom stereocenters. The summed E-state index contributed by atoms with van der Waals surface area (Å²) in [5.41, 5.74) is 0.823. The predicted octanol–water partition coefficient (Wildman–Crippen LogP) is 2.55. The van der Waals surface area contributed by atoms with Gasteiger partial charge in [-0.05, 0) is 57.4 Å². The fourth-order valence-electron chi connectivity index (χ4n) is 5.27. The molecule has 3 aromatic heterocycles. The Morgan fingerprint density at radius 1 is 1.26 bits per heavy atom. The summed E-state index contributed by atoms with van der Waals surface area (Å²) >= 11 is 0. The molecule has 12 heteroatoms. The minimum Gasteiger partial charge on any atom is -0.453 e. The van der Waals surface area contributed by atoms with Crippen LogP contribution in [0.5, 0.6) is 0 Å². The lowest BCUT2D eigenvalue weighted by Gasteiger charge is -2.70. The van der Waals surface area contributed by atoms with E-state index in [-0.39, 0.29) is 23.2 Å². The first kappa shape index (κ1) is 25.4. The van der Waals surface area contributed by atoms with E-state index in [1.165, 1.54) is 33.4 Å². The molecule has 0 aliphatic heterocycles. The van der Waals surface area contributed by atoms with Gasteiger partial charge >= 0.3 is 6.09 Å². The summed E-state index contributed by atoms with van der Waals surface area (Å²) in [6.45, 7) is 2.31. The van der Waals surface area contributed by atoms with Gasteiger partial charge in [0, 0.05) is 11.7 Å². The number of nitriles is 1. The number of hydrogen-bond donors (Lipinski definition) is 4. The van der Waals surface area contributed by atoms with Crippen LogP contribution in [0.1, 0.15) is 49.0 Å². The van der Waals surface area contributed by atoms with Crippen LogP contribution in [-0.2, 0) is 4.74 Å². The normalized spacial score (nSPS) is 22.4. The molecular formula is C26H28FN7O4. The zero-order valence-electron chi connectivity index (χ0n) is 21.2. The SMILES string of the molecule is COC(=O)NC12CC(Nc3cc(-c4ccc5cc(C#N)cnn45)ncc3C(=O)NC[C@@H](F)C(C)(C)O)(C1)C2. The van der Waals surface area contributed by atoms with E-state index in [9.17, 15) is 19.1 Å². The molecule has 38 heavy (non-hydrogen) atoms. The number of amides is 2. The highest BCUT2D eigenvalue weighted by atomic mass is 19.1. The Hall–Kier alpha value is -4.24. The van der Waals surface area contributed by atoms with Crippen molar-refractivity contribution in [2.45, 2.75) is 56.0 Å². The van der Waals surface area contributed by atoms with Crippen molar-refractivity contribution in [2.75, 3.05) is 19.0 Å². The van der Waals surface area contributed by atoms with Crippen molar-refractivity contribution < 1.29 is 23.8 Å². The largest absolute Gasteiger partial charge is 0.453 e. The topological polar surface area (TPSA) is 154 Å². The van der Waals surface area contributed by atoms with Crippen LogP contribution in [0.15, 0.2) is 36.7 Å². The van der Waals surface area contributed by atoms with Gasteiger partial charge in [-0.1, -0.05) is 0 Å². The van der Waals surface area contributed by atoms with Gasteiger partial charge < -0.3 is 25.8 Å². The average molecular weight is 522 g/mol. The molecule has 6 rings (SSSR count). The number of aromatic nitrogens is 3. The molecule has 3 fully saturated rings.